The Morgan fingerprint density at radius 2 is 1.49 bits per heavy atom. The second-order valence-corrected chi connectivity index (χ2v) is 9.43. The first-order valence-corrected chi connectivity index (χ1v) is 12.0. The number of anilines is 1. The van der Waals surface area contributed by atoms with Crippen LogP contribution in [0.5, 0.6) is 0 Å². The highest BCUT2D eigenvalue weighted by atomic mass is 16.5. The number of nitrogens with zero attached hydrogens (tertiary/aromatic N) is 5. The molecule has 0 saturated carbocycles. The Hall–Kier alpha value is -3.47. The van der Waals surface area contributed by atoms with Gasteiger partial charge in [-0.15, -0.1) is 0 Å². The number of hydrogen-bond donors (Lipinski definition) is 0. The zero-order valence-electron chi connectivity index (χ0n) is 19.8. The summed E-state index contributed by atoms with van der Waals surface area (Å²) in [4.78, 5) is 72.2. The van der Waals surface area contributed by atoms with Gasteiger partial charge in [0.15, 0.2) is 0 Å². The lowest BCUT2D eigenvalue weighted by Gasteiger charge is -2.49. The topological polar surface area (TPSA) is 111 Å². The van der Waals surface area contributed by atoms with Crippen LogP contribution >= 0.6 is 0 Å². The van der Waals surface area contributed by atoms with E-state index < -0.39 is 17.5 Å². The van der Waals surface area contributed by atoms with Crippen molar-refractivity contribution < 1.29 is 28.7 Å². The Kier molecular flexibility index (Phi) is 5.96. The van der Waals surface area contributed by atoms with Crippen molar-refractivity contribution in [2.45, 2.75) is 25.4 Å². The molecule has 186 valence electrons. The summed E-state index contributed by atoms with van der Waals surface area (Å²) in [6, 6.07) is 6.98. The van der Waals surface area contributed by atoms with Gasteiger partial charge in [0.2, 0.25) is 11.8 Å². The lowest BCUT2D eigenvalue weighted by atomic mass is 9.98. The number of rotatable bonds is 2. The van der Waals surface area contributed by atoms with Crippen LogP contribution < -0.4 is 4.90 Å². The molecule has 0 radical (unpaired) electrons. The summed E-state index contributed by atoms with van der Waals surface area (Å²) in [6.45, 7) is 4.35. The Bertz CT molecular complexity index is 1080. The maximum atomic E-state index is 13.4. The van der Waals surface area contributed by atoms with Crippen LogP contribution in [0.1, 0.15) is 30.1 Å². The van der Waals surface area contributed by atoms with Gasteiger partial charge >= 0.3 is 11.8 Å². The van der Waals surface area contributed by atoms with Gasteiger partial charge < -0.3 is 24.3 Å². The van der Waals surface area contributed by atoms with Gasteiger partial charge in [0.05, 0.1) is 24.5 Å². The van der Waals surface area contributed by atoms with Gasteiger partial charge in [0.1, 0.15) is 12.2 Å². The molecule has 0 N–H and O–H groups in total. The van der Waals surface area contributed by atoms with Crippen LogP contribution in [0.4, 0.5) is 5.69 Å². The molecule has 1 unspecified atom stereocenters. The summed E-state index contributed by atoms with van der Waals surface area (Å²) < 4.78 is 5.23. The average molecular weight is 484 g/mol. The maximum absolute atomic E-state index is 13.4. The lowest BCUT2D eigenvalue weighted by molar-refractivity contribution is -0.155. The highest BCUT2D eigenvalue weighted by molar-refractivity contribution is 6.35. The van der Waals surface area contributed by atoms with Crippen molar-refractivity contribution in [1.29, 1.82) is 0 Å². The minimum absolute atomic E-state index is 0.0676. The molecule has 0 bridgehead atoms. The first-order chi connectivity index (χ1) is 16.8. The van der Waals surface area contributed by atoms with Gasteiger partial charge in [-0.2, -0.15) is 0 Å². The smallest absolute Gasteiger partial charge is 0.312 e. The third-order valence-electron chi connectivity index (χ3n) is 7.44. The highest BCUT2D eigenvalue weighted by Crippen LogP contribution is 2.43. The van der Waals surface area contributed by atoms with Crippen LogP contribution in [-0.2, 0) is 23.9 Å². The van der Waals surface area contributed by atoms with Crippen LogP contribution in [0.15, 0.2) is 24.3 Å². The van der Waals surface area contributed by atoms with E-state index in [2.05, 4.69) is 0 Å². The van der Waals surface area contributed by atoms with E-state index in [4.69, 9.17) is 4.74 Å². The van der Waals surface area contributed by atoms with E-state index in [1.54, 1.807) is 34.1 Å². The zero-order chi connectivity index (χ0) is 24.7. The monoisotopic (exact) mass is 483 g/mol. The predicted molar refractivity (Wildman–Crippen MR) is 123 cm³/mol. The van der Waals surface area contributed by atoms with Crippen molar-refractivity contribution in [2.24, 2.45) is 0 Å². The highest BCUT2D eigenvalue weighted by Gasteiger charge is 2.53. The minimum atomic E-state index is -0.902. The van der Waals surface area contributed by atoms with Crippen LogP contribution in [0.3, 0.4) is 0 Å². The van der Waals surface area contributed by atoms with Crippen LogP contribution in [-0.4, -0.2) is 114 Å². The Labute approximate surface area is 203 Å². The normalized spacial score (nSPS) is 24.4. The number of morpholine rings is 1. The molecule has 5 amide bonds. The maximum Gasteiger partial charge on any atom is 0.312 e. The molecular weight excluding hydrogens is 454 g/mol. The van der Waals surface area contributed by atoms with Crippen molar-refractivity contribution in [1.82, 2.24) is 19.6 Å². The molecule has 4 aliphatic heterocycles. The predicted octanol–water partition coefficient (Wildman–Crippen LogP) is -0.485. The molecule has 3 saturated heterocycles. The molecule has 3 fully saturated rings. The summed E-state index contributed by atoms with van der Waals surface area (Å²) in [5.74, 6) is -1.68. The van der Waals surface area contributed by atoms with Gasteiger partial charge in [0.25, 0.3) is 5.91 Å². The molecule has 5 rings (SSSR count). The van der Waals surface area contributed by atoms with Crippen LogP contribution in [0.25, 0.3) is 0 Å². The molecule has 11 heteroatoms. The Balaban J connectivity index is 1.24. The van der Waals surface area contributed by atoms with Gasteiger partial charge in [-0.1, -0.05) is 12.1 Å². The number of hydrogen-bond acceptors (Lipinski definition) is 6. The fourth-order valence-electron chi connectivity index (χ4n) is 5.37. The van der Waals surface area contributed by atoms with Crippen LogP contribution in [0, 0.1) is 0 Å². The van der Waals surface area contributed by atoms with Gasteiger partial charge in [-0.25, -0.2) is 0 Å². The fraction of sp³-hybridized carbons (Fsp3) is 0.542. The number of para-hydroxylation sites is 1. The van der Waals surface area contributed by atoms with E-state index >= 15 is 0 Å². The average Bonchev–Trinajstić information content (AvgIpc) is 3.21. The Morgan fingerprint density at radius 1 is 0.886 bits per heavy atom. The van der Waals surface area contributed by atoms with Crippen molar-refractivity contribution in [3.05, 3.63) is 29.8 Å². The fourth-order valence-corrected chi connectivity index (χ4v) is 5.37. The largest absolute Gasteiger partial charge is 0.378 e. The van der Waals surface area contributed by atoms with E-state index in [-0.39, 0.29) is 50.4 Å². The second kappa shape index (κ2) is 8.95. The third-order valence-corrected chi connectivity index (χ3v) is 7.44. The molecule has 11 nitrogen and oxygen atoms in total. The molecule has 1 aromatic rings. The molecule has 0 spiro atoms. The van der Waals surface area contributed by atoms with Gasteiger partial charge in [-0.05, 0) is 25.5 Å². The minimum Gasteiger partial charge on any atom is -0.378 e. The van der Waals surface area contributed by atoms with E-state index in [0.717, 1.165) is 0 Å². The van der Waals surface area contributed by atoms with E-state index in [9.17, 15) is 24.0 Å². The number of carbonyl (C=O) groups is 5. The molecule has 0 aliphatic carbocycles. The summed E-state index contributed by atoms with van der Waals surface area (Å²) in [5.41, 5.74) is 0.0916. The van der Waals surface area contributed by atoms with Crippen molar-refractivity contribution in [3.63, 3.8) is 0 Å². The molecular formula is C24H29N5O6. The number of benzene rings is 1. The lowest BCUT2D eigenvalue weighted by Crippen LogP contribution is -2.64. The number of amides is 5. The third kappa shape index (κ3) is 3.93. The standard InChI is InChI=1S/C24H29N5O6/c1-24-7-6-19(30)29(24)18-5-3-2-4-17(18)21(32)28(24)16-20(31)25-8-10-26(11-9-25)22(33)23(34)27-12-14-35-15-13-27/h2-5H,6-16H2,1H3. The summed E-state index contributed by atoms with van der Waals surface area (Å²) in [7, 11) is 0. The Morgan fingerprint density at radius 3 is 2.17 bits per heavy atom. The van der Waals surface area contributed by atoms with E-state index in [1.807, 2.05) is 6.92 Å². The van der Waals surface area contributed by atoms with Crippen molar-refractivity contribution >= 4 is 35.2 Å². The number of piperazine rings is 1. The zero-order valence-corrected chi connectivity index (χ0v) is 19.8. The molecule has 1 aromatic carbocycles. The van der Waals surface area contributed by atoms with Crippen molar-refractivity contribution in [2.75, 3.05) is 63.9 Å². The first-order valence-electron chi connectivity index (χ1n) is 12.0. The summed E-state index contributed by atoms with van der Waals surface area (Å²) in [6.07, 6.45) is 0.756. The van der Waals surface area contributed by atoms with Crippen molar-refractivity contribution in [3.8, 4) is 0 Å². The quantitative estimate of drug-likeness (QED) is 0.526. The SMILES string of the molecule is CC12CCC(=O)N1c1ccccc1C(=O)N2CC(=O)N1CCN(C(=O)C(=O)N2CCOCC2)CC1. The number of fused-ring (bicyclic) bond motifs is 3. The molecule has 4 heterocycles. The summed E-state index contributed by atoms with van der Waals surface area (Å²) in [5, 5.41) is 0. The van der Waals surface area contributed by atoms with E-state index in [0.29, 0.717) is 50.4 Å². The molecule has 0 aromatic heterocycles. The molecule has 4 aliphatic rings. The van der Waals surface area contributed by atoms with Crippen LogP contribution in [0.2, 0.25) is 0 Å². The second-order valence-electron chi connectivity index (χ2n) is 9.43. The molecule has 1 atom stereocenters. The number of carbonyl (C=O) groups excluding carboxylic acids is 5. The number of ether oxygens (including phenoxy) is 1. The van der Waals surface area contributed by atoms with Gasteiger partial charge in [-0.3, -0.25) is 28.9 Å². The first kappa shape index (κ1) is 23.3. The van der Waals surface area contributed by atoms with Gasteiger partial charge in [0, 0.05) is 45.7 Å². The summed E-state index contributed by atoms with van der Waals surface area (Å²) >= 11 is 0. The molecule has 35 heavy (non-hydrogen) atoms. The van der Waals surface area contributed by atoms with E-state index in [1.165, 1.54) is 14.7 Å².